The van der Waals surface area contributed by atoms with E-state index in [9.17, 15) is 0 Å². The second kappa shape index (κ2) is 5.30. The summed E-state index contributed by atoms with van der Waals surface area (Å²) in [6.07, 6.45) is 2.15. The highest BCUT2D eigenvalue weighted by Crippen LogP contribution is 2.20. The van der Waals surface area contributed by atoms with Crippen LogP contribution in [-0.2, 0) is 6.54 Å². The number of nitrogens with zero attached hydrogens (tertiary/aromatic N) is 1. The number of fused-ring (bicyclic) bond motifs is 1. The van der Waals surface area contributed by atoms with Crippen LogP contribution >= 0.6 is 0 Å². The molecule has 0 amide bonds. The van der Waals surface area contributed by atoms with Crippen molar-refractivity contribution >= 4 is 16.3 Å². The topological polar surface area (TPSA) is 3.88 Å². The third-order valence-corrected chi connectivity index (χ3v) is 3.54. The van der Waals surface area contributed by atoms with Gasteiger partial charge in [-0.25, -0.2) is 0 Å². The Hall–Kier alpha value is -2.41. The van der Waals surface area contributed by atoms with Crippen molar-refractivity contribution in [1.29, 1.82) is 0 Å². The summed E-state index contributed by atoms with van der Waals surface area (Å²) in [5, 5.41) is 2.52. The van der Waals surface area contributed by atoms with Gasteiger partial charge in [-0.1, -0.05) is 55.1 Å². The van der Waals surface area contributed by atoms with Crippen LogP contribution in [0.1, 0.15) is 18.2 Å². The van der Waals surface area contributed by atoms with Gasteiger partial charge >= 0.3 is 0 Å². The van der Waals surface area contributed by atoms with E-state index < -0.39 is 0 Å². The fourth-order valence-electron chi connectivity index (χ4n) is 2.64. The van der Waals surface area contributed by atoms with Crippen molar-refractivity contribution in [1.82, 2.24) is 0 Å². The Bertz CT molecular complexity index is 757. The van der Waals surface area contributed by atoms with Crippen molar-refractivity contribution in [3.05, 3.63) is 84.7 Å². The predicted molar refractivity (Wildman–Crippen MR) is 84.4 cm³/mol. The van der Waals surface area contributed by atoms with Crippen LogP contribution in [0.3, 0.4) is 0 Å². The largest absolute Gasteiger partial charge is 0.215 e. The van der Waals surface area contributed by atoms with Crippen LogP contribution in [-0.4, -0.2) is 0 Å². The van der Waals surface area contributed by atoms with Crippen LogP contribution in [0, 0.1) is 0 Å². The van der Waals surface area contributed by atoms with Gasteiger partial charge in [0.1, 0.15) is 0 Å². The second-order valence-corrected chi connectivity index (χ2v) is 5.15. The van der Waals surface area contributed by atoms with E-state index in [1.165, 1.54) is 22.0 Å². The Morgan fingerprint density at radius 3 is 2.40 bits per heavy atom. The highest BCUT2D eigenvalue weighted by Gasteiger charge is 2.15. The molecule has 20 heavy (non-hydrogen) atoms. The molecule has 0 bridgehead atoms. The summed E-state index contributed by atoms with van der Waals surface area (Å²) in [6, 6.07) is 21.2. The molecule has 0 fully saturated rings. The minimum atomic E-state index is 0.869. The summed E-state index contributed by atoms with van der Waals surface area (Å²) < 4.78 is 2.28. The lowest BCUT2D eigenvalue weighted by atomic mass is 10.0. The summed E-state index contributed by atoms with van der Waals surface area (Å²) in [7, 11) is 0. The van der Waals surface area contributed by atoms with Gasteiger partial charge in [-0.15, -0.1) is 0 Å². The number of benzene rings is 2. The lowest BCUT2D eigenvalue weighted by molar-refractivity contribution is -0.689. The van der Waals surface area contributed by atoms with E-state index in [2.05, 4.69) is 78.9 Å². The Labute approximate surface area is 119 Å². The molecule has 0 saturated carbocycles. The van der Waals surface area contributed by atoms with Gasteiger partial charge in [-0.2, -0.15) is 4.57 Å². The Balaban J connectivity index is 2.15. The first kappa shape index (κ1) is 12.6. The number of hydrogen-bond donors (Lipinski definition) is 0. The van der Waals surface area contributed by atoms with Gasteiger partial charge in [0.2, 0.25) is 5.69 Å². The van der Waals surface area contributed by atoms with Gasteiger partial charge < -0.3 is 0 Å². The van der Waals surface area contributed by atoms with E-state index in [0.717, 1.165) is 12.1 Å². The SMILES string of the molecule is C=C(C)c1c2ccccc2cc[n+]1Cc1ccccc1. The first-order valence-corrected chi connectivity index (χ1v) is 6.87. The first-order valence-electron chi connectivity index (χ1n) is 6.87. The minimum Gasteiger partial charge on any atom is -0.194 e. The van der Waals surface area contributed by atoms with E-state index in [1.54, 1.807) is 0 Å². The third-order valence-electron chi connectivity index (χ3n) is 3.54. The summed E-state index contributed by atoms with van der Waals surface area (Å²) in [6.45, 7) is 7.10. The lowest BCUT2D eigenvalue weighted by Gasteiger charge is -2.07. The van der Waals surface area contributed by atoms with E-state index >= 15 is 0 Å². The fraction of sp³-hybridized carbons (Fsp3) is 0.105. The maximum atomic E-state index is 4.16. The number of hydrogen-bond acceptors (Lipinski definition) is 0. The molecule has 0 saturated heterocycles. The van der Waals surface area contributed by atoms with E-state index in [4.69, 9.17) is 0 Å². The van der Waals surface area contributed by atoms with E-state index in [-0.39, 0.29) is 0 Å². The Morgan fingerprint density at radius 1 is 0.950 bits per heavy atom. The molecule has 0 N–H and O–H groups in total. The molecule has 1 nitrogen and oxygen atoms in total. The second-order valence-electron chi connectivity index (χ2n) is 5.15. The fourth-order valence-corrected chi connectivity index (χ4v) is 2.64. The minimum absolute atomic E-state index is 0.869. The molecular formula is C19H18N+. The number of rotatable bonds is 3. The quantitative estimate of drug-likeness (QED) is 0.621. The van der Waals surface area contributed by atoms with Crippen LogP contribution in [0.15, 0.2) is 73.4 Å². The van der Waals surface area contributed by atoms with Crippen molar-refractivity contribution in [3.8, 4) is 0 Å². The van der Waals surface area contributed by atoms with Crippen molar-refractivity contribution in [2.75, 3.05) is 0 Å². The van der Waals surface area contributed by atoms with Crippen molar-refractivity contribution in [3.63, 3.8) is 0 Å². The molecular weight excluding hydrogens is 242 g/mol. The number of pyridine rings is 1. The number of allylic oxidation sites excluding steroid dienone is 1. The maximum absolute atomic E-state index is 4.16. The van der Waals surface area contributed by atoms with Crippen LogP contribution in [0.25, 0.3) is 16.3 Å². The van der Waals surface area contributed by atoms with Gasteiger partial charge in [0.15, 0.2) is 12.7 Å². The zero-order chi connectivity index (χ0) is 13.9. The van der Waals surface area contributed by atoms with E-state index in [0.29, 0.717) is 0 Å². The average Bonchev–Trinajstić information content (AvgIpc) is 2.47. The maximum Gasteiger partial charge on any atom is 0.215 e. The highest BCUT2D eigenvalue weighted by atomic mass is 15.0. The summed E-state index contributed by atoms with van der Waals surface area (Å²) in [5.41, 5.74) is 3.61. The lowest BCUT2D eigenvalue weighted by Crippen LogP contribution is -2.38. The first-order chi connectivity index (χ1) is 9.75. The van der Waals surface area contributed by atoms with Gasteiger partial charge in [-0.05, 0) is 18.4 Å². The van der Waals surface area contributed by atoms with Gasteiger partial charge in [0.05, 0.1) is 5.39 Å². The molecule has 0 atom stereocenters. The average molecular weight is 260 g/mol. The standard InChI is InChI=1S/C19H18N/c1-15(2)19-18-11-7-6-10-17(18)12-13-20(19)14-16-8-4-3-5-9-16/h3-13H,1,14H2,2H3/q+1. The Morgan fingerprint density at radius 2 is 1.65 bits per heavy atom. The molecule has 98 valence electrons. The van der Waals surface area contributed by atoms with Crippen molar-refractivity contribution in [2.24, 2.45) is 0 Å². The Kier molecular flexibility index (Phi) is 3.34. The van der Waals surface area contributed by atoms with Gasteiger partial charge in [0, 0.05) is 17.2 Å². The third kappa shape index (κ3) is 2.35. The molecule has 1 aromatic heterocycles. The van der Waals surface area contributed by atoms with Crippen LogP contribution < -0.4 is 4.57 Å². The smallest absolute Gasteiger partial charge is 0.194 e. The summed E-state index contributed by atoms with van der Waals surface area (Å²) in [4.78, 5) is 0. The van der Waals surface area contributed by atoms with Crippen LogP contribution in [0.2, 0.25) is 0 Å². The molecule has 1 heterocycles. The molecule has 2 aromatic carbocycles. The highest BCUT2D eigenvalue weighted by molar-refractivity contribution is 5.89. The number of aromatic nitrogens is 1. The normalized spacial score (nSPS) is 10.7. The molecule has 3 aromatic rings. The zero-order valence-corrected chi connectivity index (χ0v) is 11.7. The summed E-state index contributed by atoms with van der Waals surface area (Å²) >= 11 is 0. The molecule has 0 aliphatic carbocycles. The molecule has 3 rings (SSSR count). The molecule has 0 aliphatic rings. The van der Waals surface area contributed by atoms with Gasteiger partial charge in [0.25, 0.3) is 0 Å². The summed E-state index contributed by atoms with van der Waals surface area (Å²) in [5.74, 6) is 0. The molecule has 1 heteroatoms. The van der Waals surface area contributed by atoms with Crippen LogP contribution in [0.5, 0.6) is 0 Å². The molecule has 0 spiro atoms. The van der Waals surface area contributed by atoms with Crippen LogP contribution in [0.4, 0.5) is 0 Å². The zero-order valence-electron chi connectivity index (χ0n) is 11.7. The predicted octanol–water partition coefficient (Wildman–Crippen LogP) is 4.21. The van der Waals surface area contributed by atoms with Crippen molar-refractivity contribution in [2.45, 2.75) is 13.5 Å². The van der Waals surface area contributed by atoms with E-state index in [1.807, 2.05) is 6.07 Å². The van der Waals surface area contributed by atoms with Gasteiger partial charge in [-0.3, -0.25) is 0 Å². The monoisotopic (exact) mass is 260 g/mol. The molecule has 0 radical (unpaired) electrons. The van der Waals surface area contributed by atoms with Crippen molar-refractivity contribution < 1.29 is 4.57 Å². The molecule has 0 unspecified atom stereocenters. The molecule has 0 aliphatic heterocycles.